The van der Waals surface area contributed by atoms with Gasteiger partial charge in [-0.1, -0.05) is 36.4 Å². The van der Waals surface area contributed by atoms with Crippen LogP contribution >= 0.6 is 36.2 Å². The molecule has 3 aromatic rings. The van der Waals surface area contributed by atoms with Gasteiger partial charge in [0, 0.05) is 42.7 Å². The average molecular weight is 497 g/mol. The summed E-state index contributed by atoms with van der Waals surface area (Å²) in [5, 5.41) is 5.59. The normalized spacial score (nSPS) is 14.6. The van der Waals surface area contributed by atoms with Crippen molar-refractivity contribution in [3.63, 3.8) is 0 Å². The molecule has 0 radical (unpaired) electrons. The number of hydrogen-bond donors (Lipinski definition) is 1. The number of nitrogens with zero attached hydrogens (tertiary/aromatic N) is 1. The van der Waals surface area contributed by atoms with E-state index in [2.05, 4.69) is 45.9 Å². The van der Waals surface area contributed by atoms with Gasteiger partial charge in [0.2, 0.25) is 0 Å². The first-order chi connectivity index (χ1) is 14.8. The number of piperazine rings is 1. The highest BCUT2D eigenvalue weighted by molar-refractivity contribution is 7.10. The number of methoxy groups -OCH3 is 2. The Morgan fingerprint density at radius 1 is 0.906 bits per heavy atom. The lowest BCUT2D eigenvalue weighted by atomic mass is 10.0. The highest BCUT2D eigenvalue weighted by Gasteiger charge is 2.29. The molecule has 0 unspecified atom stereocenters. The topological polar surface area (TPSA) is 43.0 Å². The molecule has 174 valence electrons. The van der Waals surface area contributed by atoms with Crippen LogP contribution in [0.2, 0.25) is 0 Å². The molecule has 0 spiro atoms. The van der Waals surface area contributed by atoms with Crippen molar-refractivity contribution in [1.82, 2.24) is 10.2 Å². The maximum Gasteiger partial charge on any atom is 0.164 e. The zero-order valence-corrected chi connectivity index (χ0v) is 20.7. The molecule has 1 N–H and O–H groups in total. The molecule has 2 aromatic carbocycles. The maximum absolute atomic E-state index is 6.36. The summed E-state index contributed by atoms with van der Waals surface area (Å²) in [6, 6.07) is 18.7. The molecular weight excluding hydrogens is 467 g/mol. The van der Waals surface area contributed by atoms with Gasteiger partial charge in [0.05, 0.1) is 20.3 Å². The van der Waals surface area contributed by atoms with Crippen LogP contribution in [0.15, 0.2) is 60.0 Å². The Hall–Kier alpha value is -1.96. The molecule has 4 rings (SSSR count). The molecular formula is C24H30Cl2N2O3S. The van der Waals surface area contributed by atoms with Gasteiger partial charge < -0.3 is 19.5 Å². The monoisotopic (exact) mass is 496 g/mol. The molecule has 0 amide bonds. The van der Waals surface area contributed by atoms with Crippen LogP contribution in [0, 0.1) is 0 Å². The van der Waals surface area contributed by atoms with Crippen LogP contribution in [0.3, 0.4) is 0 Å². The van der Waals surface area contributed by atoms with Crippen LogP contribution in [-0.4, -0.2) is 45.3 Å². The molecule has 1 saturated heterocycles. The zero-order chi connectivity index (χ0) is 20.8. The number of hydrogen-bond acceptors (Lipinski definition) is 6. The molecule has 32 heavy (non-hydrogen) atoms. The SMILES string of the molecule is COc1cc(OCc2ccccc2)c([C@H](c2cccs2)N2CCNCC2)cc1OC.Cl.Cl. The predicted octanol–water partition coefficient (Wildman–Crippen LogP) is 5.18. The Labute approximate surface area is 206 Å². The van der Waals surface area contributed by atoms with Gasteiger partial charge in [0.25, 0.3) is 0 Å². The Morgan fingerprint density at radius 3 is 2.22 bits per heavy atom. The fraction of sp³-hybridized carbons (Fsp3) is 0.333. The van der Waals surface area contributed by atoms with E-state index in [0.717, 1.165) is 48.8 Å². The maximum atomic E-state index is 6.36. The molecule has 1 atom stereocenters. The van der Waals surface area contributed by atoms with Gasteiger partial charge >= 0.3 is 0 Å². The van der Waals surface area contributed by atoms with Crippen LogP contribution in [0.25, 0.3) is 0 Å². The van der Waals surface area contributed by atoms with Gasteiger partial charge in [-0.2, -0.15) is 0 Å². The van der Waals surface area contributed by atoms with E-state index in [4.69, 9.17) is 14.2 Å². The summed E-state index contributed by atoms with van der Waals surface area (Å²) >= 11 is 1.78. The summed E-state index contributed by atoms with van der Waals surface area (Å²) in [7, 11) is 3.34. The predicted molar refractivity (Wildman–Crippen MR) is 135 cm³/mol. The number of nitrogens with one attached hydrogen (secondary N) is 1. The fourth-order valence-electron chi connectivity index (χ4n) is 3.87. The van der Waals surface area contributed by atoms with E-state index in [1.807, 2.05) is 24.3 Å². The number of ether oxygens (including phenoxy) is 3. The Balaban J connectivity index is 0.00000181. The van der Waals surface area contributed by atoms with Gasteiger partial charge in [0.1, 0.15) is 12.4 Å². The lowest BCUT2D eigenvalue weighted by molar-refractivity contribution is 0.194. The number of thiophene rings is 1. The zero-order valence-electron chi connectivity index (χ0n) is 18.3. The molecule has 1 aromatic heterocycles. The van der Waals surface area contributed by atoms with Crippen molar-refractivity contribution in [3.8, 4) is 17.2 Å². The first-order valence-electron chi connectivity index (χ1n) is 10.2. The molecule has 8 heteroatoms. The summed E-state index contributed by atoms with van der Waals surface area (Å²) < 4.78 is 17.6. The van der Waals surface area contributed by atoms with E-state index in [-0.39, 0.29) is 30.9 Å². The fourth-order valence-corrected chi connectivity index (χ4v) is 4.74. The molecule has 0 aliphatic carbocycles. The van der Waals surface area contributed by atoms with E-state index in [9.17, 15) is 0 Å². The minimum atomic E-state index is 0. The second-order valence-corrected chi connectivity index (χ2v) is 8.20. The molecule has 2 heterocycles. The summed E-state index contributed by atoms with van der Waals surface area (Å²) in [5.74, 6) is 2.22. The van der Waals surface area contributed by atoms with Gasteiger partial charge in [-0.15, -0.1) is 36.2 Å². The summed E-state index contributed by atoms with van der Waals surface area (Å²) in [4.78, 5) is 3.81. The standard InChI is InChI=1S/C24H28N2O3S.2ClH/c1-27-21-15-19(24(23-9-6-14-30-23)26-12-10-25-11-13-26)20(16-22(21)28-2)29-17-18-7-4-3-5-8-18;;/h3-9,14-16,24-25H,10-13,17H2,1-2H3;2*1H/t24-;;/m1../s1. The second kappa shape index (κ2) is 12.9. The van der Waals surface area contributed by atoms with E-state index in [1.54, 1.807) is 25.6 Å². The van der Waals surface area contributed by atoms with Crippen molar-refractivity contribution in [3.05, 3.63) is 76.0 Å². The van der Waals surface area contributed by atoms with Crippen molar-refractivity contribution < 1.29 is 14.2 Å². The Bertz CT molecular complexity index is 936. The van der Waals surface area contributed by atoms with E-state index < -0.39 is 0 Å². The van der Waals surface area contributed by atoms with Gasteiger partial charge in [-0.05, 0) is 23.1 Å². The van der Waals surface area contributed by atoms with Crippen molar-refractivity contribution in [2.24, 2.45) is 0 Å². The Morgan fingerprint density at radius 2 is 1.59 bits per heavy atom. The summed E-state index contributed by atoms with van der Waals surface area (Å²) in [5.41, 5.74) is 2.24. The molecule has 5 nitrogen and oxygen atoms in total. The van der Waals surface area contributed by atoms with Crippen molar-refractivity contribution in [2.45, 2.75) is 12.6 Å². The third-order valence-electron chi connectivity index (χ3n) is 5.38. The number of benzene rings is 2. The van der Waals surface area contributed by atoms with E-state index >= 15 is 0 Å². The molecule has 1 aliphatic heterocycles. The first kappa shape index (κ1) is 26.3. The van der Waals surface area contributed by atoms with Crippen LogP contribution in [-0.2, 0) is 6.61 Å². The highest BCUT2D eigenvalue weighted by Crippen LogP contribution is 2.43. The van der Waals surface area contributed by atoms with Crippen LogP contribution in [0.5, 0.6) is 17.2 Å². The third-order valence-corrected chi connectivity index (χ3v) is 6.30. The smallest absolute Gasteiger partial charge is 0.164 e. The molecule has 1 aliphatic rings. The minimum Gasteiger partial charge on any atom is -0.493 e. The number of rotatable bonds is 8. The summed E-state index contributed by atoms with van der Waals surface area (Å²) in [6.07, 6.45) is 0. The van der Waals surface area contributed by atoms with E-state index in [1.165, 1.54) is 4.88 Å². The first-order valence-corrected chi connectivity index (χ1v) is 11.1. The quantitative estimate of drug-likeness (QED) is 0.465. The summed E-state index contributed by atoms with van der Waals surface area (Å²) in [6.45, 7) is 4.43. The van der Waals surface area contributed by atoms with Gasteiger partial charge in [-0.3, -0.25) is 4.90 Å². The van der Waals surface area contributed by atoms with Gasteiger partial charge in [-0.25, -0.2) is 0 Å². The highest BCUT2D eigenvalue weighted by atomic mass is 35.5. The average Bonchev–Trinajstić information content (AvgIpc) is 3.33. The molecule has 1 fully saturated rings. The minimum absolute atomic E-state index is 0. The Kier molecular flexibility index (Phi) is 10.6. The lowest BCUT2D eigenvalue weighted by Crippen LogP contribution is -2.45. The van der Waals surface area contributed by atoms with Crippen molar-refractivity contribution in [1.29, 1.82) is 0 Å². The van der Waals surface area contributed by atoms with Crippen LogP contribution in [0.4, 0.5) is 0 Å². The largest absolute Gasteiger partial charge is 0.493 e. The van der Waals surface area contributed by atoms with Crippen molar-refractivity contribution in [2.75, 3.05) is 40.4 Å². The third kappa shape index (κ3) is 6.09. The van der Waals surface area contributed by atoms with Crippen molar-refractivity contribution >= 4 is 36.2 Å². The van der Waals surface area contributed by atoms with Crippen LogP contribution < -0.4 is 19.5 Å². The molecule has 0 saturated carbocycles. The van der Waals surface area contributed by atoms with Crippen LogP contribution in [0.1, 0.15) is 22.0 Å². The second-order valence-electron chi connectivity index (χ2n) is 7.22. The lowest BCUT2D eigenvalue weighted by Gasteiger charge is -2.35. The van der Waals surface area contributed by atoms with E-state index in [0.29, 0.717) is 12.4 Å². The van der Waals surface area contributed by atoms with Gasteiger partial charge in [0.15, 0.2) is 11.5 Å². The number of halogens is 2. The molecule has 0 bridgehead atoms.